The first-order chi connectivity index (χ1) is 8.40. The molecule has 0 aromatic carbocycles. The largest absolute Gasteiger partial charge is 0.330 e. The lowest BCUT2D eigenvalue weighted by molar-refractivity contribution is 0.390. The van der Waals surface area contributed by atoms with Gasteiger partial charge in [-0.15, -0.1) is 11.3 Å². The molecule has 90 valence electrons. The highest BCUT2D eigenvalue weighted by molar-refractivity contribution is 7.13. The van der Waals surface area contributed by atoms with Gasteiger partial charge in [0.15, 0.2) is 0 Å². The SMILES string of the molecule is NCC1CCCC1n1ccnc1-c1cccs1. The van der Waals surface area contributed by atoms with Gasteiger partial charge >= 0.3 is 0 Å². The summed E-state index contributed by atoms with van der Waals surface area (Å²) in [4.78, 5) is 5.75. The molecule has 0 saturated heterocycles. The zero-order chi connectivity index (χ0) is 11.7. The Bertz CT molecular complexity index is 475. The zero-order valence-electron chi connectivity index (χ0n) is 9.75. The fourth-order valence-electron chi connectivity index (χ4n) is 2.84. The third-order valence-corrected chi connectivity index (χ3v) is 4.56. The first kappa shape index (κ1) is 11.0. The molecule has 4 heteroatoms. The van der Waals surface area contributed by atoms with Crippen LogP contribution in [0.4, 0.5) is 0 Å². The second-order valence-electron chi connectivity index (χ2n) is 4.63. The molecule has 1 fully saturated rings. The van der Waals surface area contributed by atoms with E-state index in [-0.39, 0.29) is 0 Å². The average molecular weight is 247 g/mol. The van der Waals surface area contributed by atoms with Crippen molar-refractivity contribution in [2.45, 2.75) is 25.3 Å². The minimum absolute atomic E-state index is 0.541. The lowest BCUT2D eigenvalue weighted by Gasteiger charge is -2.21. The molecule has 2 unspecified atom stereocenters. The molecule has 1 aliphatic carbocycles. The molecule has 0 amide bonds. The van der Waals surface area contributed by atoms with E-state index in [0.29, 0.717) is 12.0 Å². The molecule has 2 atom stereocenters. The summed E-state index contributed by atoms with van der Waals surface area (Å²) in [5.41, 5.74) is 5.87. The van der Waals surface area contributed by atoms with Crippen LogP contribution in [0.5, 0.6) is 0 Å². The molecule has 2 aromatic rings. The molecule has 1 aliphatic rings. The first-order valence-corrected chi connectivity index (χ1v) is 7.05. The predicted octanol–water partition coefficient (Wildman–Crippen LogP) is 2.91. The maximum atomic E-state index is 5.87. The van der Waals surface area contributed by atoms with Crippen LogP contribution in [-0.2, 0) is 0 Å². The number of imidazole rings is 1. The second kappa shape index (κ2) is 4.63. The van der Waals surface area contributed by atoms with Gasteiger partial charge in [-0.25, -0.2) is 4.98 Å². The fraction of sp³-hybridized carbons (Fsp3) is 0.462. The van der Waals surface area contributed by atoms with Gasteiger partial charge < -0.3 is 10.3 Å². The number of aromatic nitrogens is 2. The van der Waals surface area contributed by atoms with E-state index in [1.54, 1.807) is 11.3 Å². The average Bonchev–Trinajstić information content (AvgIpc) is 3.09. The molecule has 0 radical (unpaired) electrons. The van der Waals surface area contributed by atoms with Crippen LogP contribution in [0.2, 0.25) is 0 Å². The van der Waals surface area contributed by atoms with Crippen molar-refractivity contribution in [1.29, 1.82) is 0 Å². The van der Waals surface area contributed by atoms with E-state index in [1.165, 1.54) is 24.1 Å². The summed E-state index contributed by atoms with van der Waals surface area (Å²) in [5, 5.41) is 2.10. The smallest absolute Gasteiger partial charge is 0.150 e. The molecule has 1 saturated carbocycles. The Morgan fingerprint density at radius 1 is 1.47 bits per heavy atom. The van der Waals surface area contributed by atoms with Gasteiger partial charge in [-0.05, 0) is 36.8 Å². The van der Waals surface area contributed by atoms with Gasteiger partial charge in [-0.1, -0.05) is 12.5 Å². The van der Waals surface area contributed by atoms with Crippen molar-refractivity contribution in [2.75, 3.05) is 6.54 Å². The summed E-state index contributed by atoms with van der Waals surface area (Å²) in [7, 11) is 0. The molecule has 0 aliphatic heterocycles. The van der Waals surface area contributed by atoms with Crippen LogP contribution in [0.1, 0.15) is 25.3 Å². The number of nitrogens with two attached hydrogens (primary N) is 1. The summed E-state index contributed by atoms with van der Waals surface area (Å²) in [5.74, 6) is 1.72. The fourth-order valence-corrected chi connectivity index (χ4v) is 3.56. The van der Waals surface area contributed by atoms with Crippen molar-refractivity contribution >= 4 is 11.3 Å². The minimum Gasteiger partial charge on any atom is -0.330 e. The first-order valence-electron chi connectivity index (χ1n) is 6.17. The highest BCUT2D eigenvalue weighted by Gasteiger charge is 2.29. The van der Waals surface area contributed by atoms with Crippen molar-refractivity contribution in [3.63, 3.8) is 0 Å². The van der Waals surface area contributed by atoms with E-state index in [0.717, 1.165) is 12.4 Å². The van der Waals surface area contributed by atoms with Crippen molar-refractivity contribution in [3.8, 4) is 10.7 Å². The van der Waals surface area contributed by atoms with Crippen LogP contribution in [0.3, 0.4) is 0 Å². The third kappa shape index (κ3) is 1.91. The van der Waals surface area contributed by atoms with Gasteiger partial charge in [0, 0.05) is 18.4 Å². The molecule has 3 rings (SSSR count). The normalized spacial score (nSPS) is 24.3. The van der Waals surface area contributed by atoms with Crippen molar-refractivity contribution in [2.24, 2.45) is 11.7 Å². The highest BCUT2D eigenvalue weighted by atomic mass is 32.1. The lowest BCUT2D eigenvalue weighted by Crippen LogP contribution is -2.21. The zero-order valence-corrected chi connectivity index (χ0v) is 10.6. The Hall–Kier alpha value is -1.13. The molecule has 2 heterocycles. The molecule has 0 bridgehead atoms. The Morgan fingerprint density at radius 2 is 2.41 bits per heavy atom. The second-order valence-corrected chi connectivity index (χ2v) is 5.58. The Labute approximate surface area is 105 Å². The summed E-state index contributed by atoms with van der Waals surface area (Å²) in [6, 6.07) is 4.75. The van der Waals surface area contributed by atoms with Gasteiger partial charge in [-0.2, -0.15) is 0 Å². The molecule has 3 nitrogen and oxygen atoms in total. The summed E-state index contributed by atoms with van der Waals surface area (Å²) in [6.07, 6.45) is 7.78. The number of nitrogens with zero attached hydrogens (tertiary/aromatic N) is 2. The van der Waals surface area contributed by atoms with E-state index < -0.39 is 0 Å². The van der Waals surface area contributed by atoms with E-state index in [4.69, 9.17) is 5.73 Å². The Balaban J connectivity index is 1.96. The van der Waals surface area contributed by atoms with Crippen molar-refractivity contribution in [3.05, 3.63) is 29.9 Å². The van der Waals surface area contributed by atoms with Gasteiger partial charge in [0.25, 0.3) is 0 Å². The standard InChI is InChI=1S/C13H17N3S/c14-9-10-3-1-4-11(10)16-7-6-15-13(16)12-5-2-8-17-12/h2,5-8,10-11H,1,3-4,9,14H2. The summed E-state index contributed by atoms with van der Waals surface area (Å²) >= 11 is 1.75. The van der Waals surface area contributed by atoms with Crippen molar-refractivity contribution < 1.29 is 0 Å². The van der Waals surface area contributed by atoms with Gasteiger partial charge in [0.1, 0.15) is 5.82 Å². The lowest BCUT2D eigenvalue weighted by atomic mass is 10.0. The van der Waals surface area contributed by atoms with Crippen LogP contribution in [0.15, 0.2) is 29.9 Å². The Morgan fingerprint density at radius 3 is 3.18 bits per heavy atom. The molecule has 2 aromatic heterocycles. The van der Waals surface area contributed by atoms with E-state index in [2.05, 4.69) is 33.3 Å². The Kier molecular flexibility index (Phi) is 2.99. The van der Waals surface area contributed by atoms with E-state index in [1.807, 2.05) is 6.20 Å². The van der Waals surface area contributed by atoms with Gasteiger partial charge in [0.05, 0.1) is 4.88 Å². The summed E-state index contributed by atoms with van der Waals surface area (Å²) < 4.78 is 2.33. The third-order valence-electron chi connectivity index (χ3n) is 3.69. The van der Waals surface area contributed by atoms with Crippen LogP contribution in [0.25, 0.3) is 10.7 Å². The van der Waals surface area contributed by atoms with Crippen LogP contribution < -0.4 is 5.73 Å². The number of hydrogen-bond acceptors (Lipinski definition) is 3. The van der Waals surface area contributed by atoms with E-state index in [9.17, 15) is 0 Å². The predicted molar refractivity (Wildman–Crippen MR) is 71.0 cm³/mol. The number of rotatable bonds is 3. The van der Waals surface area contributed by atoms with Gasteiger partial charge in [-0.3, -0.25) is 0 Å². The molecule has 2 N–H and O–H groups in total. The minimum atomic E-state index is 0.541. The quantitative estimate of drug-likeness (QED) is 0.906. The highest BCUT2D eigenvalue weighted by Crippen LogP contribution is 2.38. The molecular weight excluding hydrogens is 230 g/mol. The van der Waals surface area contributed by atoms with Crippen molar-refractivity contribution in [1.82, 2.24) is 9.55 Å². The molecular formula is C13H17N3S. The molecule has 17 heavy (non-hydrogen) atoms. The monoisotopic (exact) mass is 247 g/mol. The number of thiophene rings is 1. The molecule has 0 spiro atoms. The van der Waals surface area contributed by atoms with Crippen LogP contribution in [0, 0.1) is 5.92 Å². The van der Waals surface area contributed by atoms with E-state index >= 15 is 0 Å². The van der Waals surface area contributed by atoms with Gasteiger partial charge in [0.2, 0.25) is 0 Å². The maximum Gasteiger partial charge on any atom is 0.150 e. The topological polar surface area (TPSA) is 43.8 Å². The maximum absolute atomic E-state index is 5.87. The number of hydrogen-bond donors (Lipinski definition) is 1. The van der Waals surface area contributed by atoms with Crippen LogP contribution >= 0.6 is 11.3 Å². The summed E-state index contributed by atoms with van der Waals surface area (Å²) in [6.45, 7) is 0.784. The van der Waals surface area contributed by atoms with Crippen LogP contribution in [-0.4, -0.2) is 16.1 Å².